The minimum absolute atomic E-state index is 0.0498. The van der Waals surface area contributed by atoms with E-state index in [0.29, 0.717) is 0 Å². The molecule has 0 saturated heterocycles. The summed E-state index contributed by atoms with van der Waals surface area (Å²) in [5, 5.41) is 0. The molecule has 3 heteroatoms. The van der Waals surface area contributed by atoms with Gasteiger partial charge in [0, 0.05) is 29.1 Å². The van der Waals surface area contributed by atoms with Crippen molar-refractivity contribution in [3.05, 3.63) is 21.3 Å². The first kappa shape index (κ1) is 14.0. The van der Waals surface area contributed by atoms with E-state index in [9.17, 15) is 0 Å². The Morgan fingerprint density at radius 2 is 2.06 bits per heavy atom. The van der Waals surface area contributed by atoms with Gasteiger partial charge >= 0.3 is 0 Å². The van der Waals surface area contributed by atoms with Crippen molar-refractivity contribution in [3.8, 4) is 5.75 Å². The Hall–Kier alpha value is -0.450. The summed E-state index contributed by atoms with van der Waals surface area (Å²) in [7, 11) is 0. The van der Waals surface area contributed by atoms with E-state index in [-0.39, 0.29) is 5.60 Å². The van der Waals surface area contributed by atoms with Gasteiger partial charge in [0.05, 0.1) is 5.69 Å². The monoisotopic (exact) mass is 359 g/mol. The van der Waals surface area contributed by atoms with Crippen LogP contribution in [-0.2, 0) is 6.42 Å². The van der Waals surface area contributed by atoms with Crippen LogP contribution in [-0.4, -0.2) is 18.7 Å². The highest BCUT2D eigenvalue weighted by Crippen LogP contribution is 2.39. The summed E-state index contributed by atoms with van der Waals surface area (Å²) in [6.45, 7) is 10.9. The summed E-state index contributed by atoms with van der Waals surface area (Å²) in [5.41, 5.74) is 2.61. The normalized spacial score (nSPS) is 16.3. The molecule has 1 aromatic carbocycles. The van der Waals surface area contributed by atoms with Crippen LogP contribution < -0.4 is 9.64 Å². The Kier molecular flexibility index (Phi) is 4.09. The second-order valence-corrected chi connectivity index (χ2v) is 6.69. The fourth-order valence-corrected chi connectivity index (χ4v) is 3.44. The Bertz CT molecular complexity index is 442. The molecule has 0 bridgehead atoms. The number of nitrogens with zero attached hydrogens (tertiary/aromatic N) is 1. The average Bonchev–Trinajstić information content (AvgIpc) is 2.58. The average molecular weight is 359 g/mol. The van der Waals surface area contributed by atoms with Gasteiger partial charge in [0.1, 0.15) is 11.4 Å². The van der Waals surface area contributed by atoms with Gasteiger partial charge in [-0.3, -0.25) is 0 Å². The number of anilines is 1. The first-order chi connectivity index (χ1) is 8.46. The van der Waals surface area contributed by atoms with E-state index in [1.807, 2.05) is 0 Å². The van der Waals surface area contributed by atoms with Crippen LogP contribution in [0.25, 0.3) is 0 Å². The molecule has 0 spiro atoms. The minimum Gasteiger partial charge on any atom is -0.487 e. The fourth-order valence-electron chi connectivity index (χ4n) is 2.57. The van der Waals surface area contributed by atoms with Crippen LogP contribution in [0, 0.1) is 3.57 Å². The Morgan fingerprint density at radius 3 is 2.67 bits per heavy atom. The van der Waals surface area contributed by atoms with Crippen molar-refractivity contribution in [2.24, 2.45) is 0 Å². The number of rotatable bonds is 4. The number of hydrogen-bond acceptors (Lipinski definition) is 2. The van der Waals surface area contributed by atoms with Gasteiger partial charge in [0.15, 0.2) is 0 Å². The molecule has 0 radical (unpaired) electrons. The quantitative estimate of drug-likeness (QED) is 0.746. The number of hydrogen-bond donors (Lipinski definition) is 0. The molecule has 2 rings (SSSR count). The van der Waals surface area contributed by atoms with E-state index in [1.54, 1.807) is 0 Å². The van der Waals surface area contributed by atoms with Gasteiger partial charge in [-0.1, -0.05) is 6.92 Å². The third kappa shape index (κ3) is 2.76. The molecule has 0 N–H and O–H groups in total. The van der Waals surface area contributed by atoms with Crippen molar-refractivity contribution in [3.63, 3.8) is 0 Å². The topological polar surface area (TPSA) is 12.5 Å². The molecule has 0 unspecified atom stereocenters. The van der Waals surface area contributed by atoms with Crippen molar-refractivity contribution in [2.45, 2.75) is 46.1 Å². The van der Waals surface area contributed by atoms with Gasteiger partial charge in [0.25, 0.3) is 0 Å². The predicted molar refractivity (Wildman–Crippen MR) is 85.7 cm³/mol. The highest BCUT2D eigenvalue weighted by atomic mass is 127. The van der Waals surface area contributed by atoms with E-state index in [2.05, 4.69) is 67.3 Å². The first-order valence-corrected chi connectivity index (χ1v) is 7.81. The third-order valence-corrected chi connectivity index (χ3v) is 4.21. The van der Waals surface area contributed by atoms with Crippen LogP contribution in [0.1, 0.15) is 39.7 Å². The fraction of sp³-hybridized carbons (Fsp3) is 0.600. The molecule has 0 aliphatic carbocycles. The lowest BCUT2D eigenvalue weighted by molar-refractivity contribution is 0.138. The molecule has 0 atom stereocenters. The smallest absolute Gasteiger partial charge is 0.125 e. The lowest BCUT2D eigenvalue weighted by Crippen LogP contribution is -2.25. The number of ether oxygens (including phenoxy) is 1. The summed E-state index contributed by atoms with van der Waals surface area (Å²) >= 11 is 2.45. The lowest BCUT2D eigenvalue weighted by Gasteiger charge is -2.24. The van der Waals surface area contributed by atoms with E-state index in [4.69, 9.17) is 4.74 Å². The molecule has 1 heterocycles. The van der Waals surface area contributed by atoms with Gasteiger partial charge < -0.3 is 9.64 Å². The van der Waals surface area contributed by atoms with Gasteiger partial charge in [-0.15, -0.1) is 0 Å². The Morgan fingerprint density at radius 1 is 1.33 bits per heavy atom. The van der Waals surface area contributed by atoms with Crippen LogP contribution in [0.2, 0.25) is 0 Å². The van der Waals surface area contributed by atoms with Crippen molar-refractivity contribution >= 4 is 28.3 Å². The Balaban J connectivity index is 2.35. The zero-order chi connectivity index (χ0) is 13.3. The van der Waals surface area contributed by atoms with E-state index in [0.717, 1.165) is 25.3 Å². The summed E-state index contributed by atoms with van der Waals surface area (Å²) in [6, 6.07) is 4.52. The maximum absolute atomic E-state index is 6.03. The summed E-state index contributed by atoms with van der Waals surface area (Å²) < 4.78 is 7.37. The van der Waals surface area contributed by atoms with Crippen LogP contribution in [0.3, 0.4) is 0 Å². The summed E-state index contributed by atoms with van der Waals surface area (Å²) in [4.78, 5) is 2.43. The van der Waals surface area contributed by atoms with Crippen LogP contribution in [0.5, 0.6) is 5.75 Å². The molecule has 100 valence electrons. The predicted octanol–water partition coefficient (Wildman–Crippen LogP) is 4.24. The number of benzene rings is 1. The highest BCUT2D eigenvalue weighted by molar-refractivity contribution is 14.1. The maximum Gasteiger partial charge on any atom is 0.125 e. The molecule has 1 aromatic rings. The highest BCUT2D eigenvalue weighted by Gasteiger charge is 2.31. The van der Waals surface area contributed by atoms with Crippen molar-refractivity contribution in [1.82, 2.24) is 0 Å². The van der Waals surface area contributed by atoms with Crippen molar-refractivity contribution < 1.29 is 4.74 Å². The van der Waals surface area contributed by atoms with Gasteiger partial charge in [-0.25, -0.2) is 0 Å². The minimum atomic E-state index is -0.0498. The third-order valence-electron chi connectivity index (χ3n) is 3.35. The van der Waals surface area contributed by atoms with Gasteiger partial charge in [-0.2, -0.15) is 0 Å². The van der Waals surface area contributed by atoms with E-state index < -0.39 is 0 Å². The molecular weight excluding hydrogens is 337 g/mol. The molecular formula is C15H22INO. The molecule has 1 aliphatic heterocycles. The maximum atomic E-state index is 6.03. The standard InChI is InChI=1S/C15H22INO/c1-5-7-17(6-2)13-9-14-11(8-12(13)16)10-15(3,4)18-14/h8-9H,5-7,10H2,1-4H3. The molecule has 0 amide bonds. The van der Waals surface area contributed by atoms with Crippen LogP contribution in [0.15, 0.2) is 12.1 Å². The number of halogens is 1. The largest absolute Gasteiger partial charge is 0.487 e. The SMILES string of the molecule is CCCN(CC)c1cc2c(cc1I)CC(C)(C)O2. The summed E-state index contributed by atoms with van der Waals surface area (Å²) in [6.07, 6.45) is 2.19. The zero-order valence-electron chi connectivity index (χ0n) is 11.7. The van der Waals surface area contributed by atoms with E-state index in [1.165, 1.54) is 21.2 Å². The molecule has 1 aliphatic rings. The first-order valence-electron chi connectivity index (χ1n) is 6.73. The van der Waals surface area contributed by atoms with E-state index >= 15 is 0 Å². The van der Waals surface area contributed by atoms with Crippen molar-refractivity contribution in [1.29, 1.82) is 0 Å². The van der Waals surface area contributed by atoms with Crippen LogP contribution in [0.4, 0.5) is 5.69 Å². The summed E-state index contributed by atoms with van der Waals surface area (Å²) in [5.74, 6) is 1.07. The number of fused-ring (bicyclic) bond motifs is 1. The lowest BCUT2D eigenvalue weighted by atomic mass is 10.0. The molecule has 0 aromatic heterocycles. The zero-order valence-corrected chi connectivity index (χ0v) is 13.9. The molecule has 0 saturated carbocycles. The van der Waals surface area contributed by atoms with Gasteiger partial charge in [0.2, 0.25) is 0 Å². The van der Waals surface area contributed by atoms with Crippen LogP contribution >= 0.6 is 22.6 Å². The second kappa shape index (κ2) is 5.27. The van der Waals surface area contributed by atoms with Gasteiger partial charge in [-0.05, 0) is 61.4 Å². The Labute approximate surface area is 124 Å². The van der Waals surface area contributed by atoms with Crippen molar-refractivity contribution in [2.75, 3.05) is 18.0 Å². The molecule has 18 heavy (non-hydrogen) atoms. The second-order valence-electron chi connectivity index (χ2n) is 5.53. The molecule has 2 nitrogen and oxygen atoms in total. The molecule has 0 fully saturated rings.